The molecule has 2 fully saturated rings. The highest BCUT2D eigenvalue weighted by Crippen LogP contribution is 2.25. The summed E-state index contributed by atoms with van der Waals surface area (Å²) in [7, 11) is 0. The molecule has 0 bridgehead atoms. The van der Waals surface area contributed by atoms with Crippen LogP contribution in [0.4, 0.5) is 4.79 Å². The molecule has 0 radical (unpaired) electrons. The highest BCUT2D eigenvalue weighted by molar-refractivity contribution is 5.89. The van der Waals surface area contributed by atoms with E-state index in [1.807, 2.05) is 30.3 Å². The molecule has 8 nitrogen and oxygen atoms in total. The van der Waals surface area contributed by atoms with Crippen molar-refractivity contribution < 1.29 is 24.0 Å². The summed E-state index contributed by atoms with van der Waals surface area (Å²) in [4.78, 5) is 44.3. The minimum Gasteiger partial charge on any atom is -0.445 e. The zero-order valence-electron chi connectivity index (χ0n) is 16.0. The van der Waals surface area contributed by atoms with E-state index in [0.717, 1.165) is 24.8 Å². The minimum absolute atomic E-state index is 0.106. The maximum atomic E-state index is 13.1. The SMILES string of the molecule is CC(=O)ON=C[C@@H]1CCCN1C(=O)[C@@H]1CCCN1C(=O)OCc1ccccc1. The summed E-state index contributed by atoms with van der Waals surface area (Å²) in [5.74, 6) is -0.610. The molecule has 0 aromatic heterocycles. The van der Waals surface area contributed by atoms with Crippen molar-refractivity contribution in [2.75, 3.05) is 13.1 Å². The topological polar surface area (TPSA) is 88.5 Å². The number of rotatable bonds is 5. The molecule has 2 saturated heterocycles. The Morgan fingerprint density at radius 3 is 2.57 bits per heavy atom. The molecular weight excluding hydrogens is 362 g/mol. The third-order valence-electron chi connectivity index (χ3n) is 4.97. The quantitative estimate of drug-likeness (QED) is 0.440. The molecule has 0 unspecified atom stereocenters. The van der Waals surface area contributed by atoms with Crippen LogP contribution in [0.15, 0.2) is 35.5 Å². The number of amides is 2. The van der Waals surface area contributed by atoms with Gasteiger partial charge in [-0.3, -0.25) is 9.69 Å². The van der Waals surface area contributed by atoms with Crippen molar-refractivity contribution in [3.63, 3.8) is 0 Å². The van der Waals surface area contributed by atoms with Crippen molar-refractivity contribution in [1.82, 2.24) is 9.80 Å². The van der Waals surface area contributed by atoms with Crippen LogP contribution in [0.25, 0.3) is 0 Å². The van der Waals surface area contributed by atoms with Crippen LogP contribution in [0, 0.1) is 0 Å². The number of hydrogen-bond acceptors (Lipinski definition) is 6. The molecule has 2 atom stereocenters. The molecule has 0 aliphatic carbocycles. The molecule has 0 N–H and O–H groups in total. The number of carbonyl (C=O) groups excluding carboxylic acids is 3. The molecule has 1 aromatic rings. The lowest BCUT2D eigenvalue weighted by Crippen LogP contribution is -2.49. The summed E-state index contributed by atoms with van der Waals surface area (Å²) >= 11 is 0. The normalized spacial score (nSPS) is 21.9. The summed E-state index contributed by atoms with van der Waals surface area (Å²) in [6.45, 7) is 2.55. The highest BCUT2D eigenvalue weighted by Gasteiger charge is 2.40. The number of ether oxygens (including phenoxy) is 1. The molecule has 2 heterocycles. The van der Waals surface area contributed by atoms with E-state index < -0.39 is 18.1 Å². The second-order valence-corrected chi connectivity index (χ2v) is 6.97. The van der Waals surface area contributed by atoms with Crippen LogP contribution >= 0.6 is 0 Å². The summed E-state index contributed by atoms with van der Waals surface area (Å²) in [5.41, 5.74) is 0.902. The third kappa shape index (κ3) is 4.88. The molecule has 2 amide bonds. The Bertz CT molecular complexity index is 737. The van der Waals surface area contributed by atoms with E-state index in [1.165, 1.54) is 18.0 Å². The molecule has 28 heavy (non-hydrogen) atoms. The van der Waals surface area contributed by atoms with Gasteiger partial charge in [-0.2, -0.15) is 0 Å². The second kappa shape index (κ2) is 9.34. The third-order valence-corrected chi connectivity index (χ3v) is 4.97. The largest absolute Gasteiger partial charge is 0.445 e. The van der Waals surface area contributed by atoms with E-state index in [2.05, 4.69) is 9.99 Å². The summed E-state index contributed by atoms with van der Waals surface area (Å²) in [6.07, 6.45) is 3.99. The first kappa shape index (κ1) is 19.9. The predicted octanol–water partition coefficient (Wildman–Crippen LogP) is 2.33. The van der Waals surface area contributed by atoms with Crippen LogP contribution in [0.5, 0.6) is 0 Å². The first-order valence-electron chi connectivity index (χ1n) is 9.55. The van der Waals surface area contributed by atoms with Crippen molar-refractivity contribution in [2.24, 2.45) is 5.16 Å². The van der Waals surface area contributed by atoms with Crippen molar-refractivity contribution in [3.8, 4) is 0 Å². The Morgan fingerprint density at radius 2 is 1.82 bits per heavy atom. The lowest BCUT2D eigenvalue weighted by atomic mass is 10.1. The number of oxime groups is 1. The Hall–Kier alpha value is -2.90. The van der Waals surface area contributed by atoms with Crippen molar-refractivity contribution in [1.29, 1.82) is 0 Å². The van der Waals surface area contributed by atoms with Gasteiger partial charge in [0.15, 0.2) is 0 Å². The smallest absolute Gasteiger partial charge is 0.410 e. The summed E-state index contributed by atoms with van der Waals surface area (Å²) in [6, 6.07) is 8.69. The van der Waals surface area contributed by atoms with E-state index in [9.17, 15) is 14.4 Å². The van der Waals surface area contributed by atoms with Gasteiger partial charge in [-0.1, -0.05) is 35.5 Å². The fourth-order valence-electron chi connectivity index (χ4n) is 3.63. The first-order chi connectivity index (χ1) is 13.6. The lowest BCUT2D eigenvalue weighted by Gasteiger charge is -2.29. The monoisotopic (exact) mass is 387 g/mol. The zero-order valence-corrected chi connectivity index (χ0v) is 16.0. The summed E-state index contributed by atoms with van der Waals surface area (Å²) in [5, 5.41) is 3.66. The van der Waals surface area contributed by atoms with Gasteiger partial charge in [0.2, 0.25) is 5.91 Å². The van der Waals surface area contributed by atoms with Gasteiger partial charge in [0, 0.05) is 20.0 Å². The number of hydrogen-bond donors (Lipinski definition) is 0. The van der Waals surface area contributed by atoms with Gasteiger partial charge in [-0.25, -0.2) is 9.59 Å². The zero-order chi connectivity index (χ0) is 19.9. The van der Waals surface area contributed by atoms with Crippen LogP contribution in [-0.2, 0) is 25.8 Å². The predicted molar refractivity (Wildman–Crippen MR) is 101 cm³/mol. The molecular formula is C20H25N3O5. The van der Waals surface area contributed by atoms with Gasteiger partial charge >= 0.3 is 12.1 Å². The number of carbonyl (C=O) groups is 3. The van der Waals surface area contributed by atoms with E-state index >= 15 is 0 Å². The molecule has 2 aliphatic heterocycles. The summed E-state index contributed by atoms with van der Waals surface area (Å²) < 4.78 is 5.41. The molecule has 150 valence electrons. The Labute approximate surface area is 164 Å². The fraction of sp³-hybridized carbons (Fsp3) is 0.500. The molecule has 0 saturated carbocycles. The minimum atomic E-state index is -0.522. The van der Waals surface area contributed by atoms with Gasteiger partial charge in [0.1, 0.15) is 12.6 Å². The van der Waals surface area contributed by atoms with Crippen molar-refractivity contribution >= 4 is 24.2 Å². The van der Waals surface area contributed by atoms with Crippen molar-refractivity contribution in [2.45, 2.75) is 51.3 Å². The maximum absolute atomic E-state index is 13.1. The van der Waals surface area contributed by atoms with Crippen LogP contribution in [0.2, 0.25) is 0 Å². The maximum Gasteiger partial charge on any atom is 0.410 e. The molecule has 1 aromatic carbocycles. The fourth-order valence-corrected chi connectivity index (χ4v) is 3.63. The van der Waals surface area contributed by atoms with Gasteiger partial charge in [0.05, 0.1) is 12.3 Å². The van der Waals surface area contributed by atoms with Gasteiger partial charge < -0.3 is 14.5 Å². The van der Waals surface area contributed by atoms with Crippen LogP contribution in [-0.4, -0.2) is 59.2 Å². The van der Waals surface area contributed by atoms with Crippen LogP contribution in [0.1, 0.15) is 38.2 Å². The van der Waals surface area contributed by atoms with E-state index in [-0.39, 0.29) is 18.6 Å². The highest BCUT2D eigenvalue weighted by atomic mass is 16.7. The average Bonchev–Trinajstić information content (AvgIpc) is 3.36. The van der Waals surface area contributed by atoms with Gasteiger partial charge in [-0.05, 0) is 31.2 Å². The standard InChI is InChI=1S/C20H25N3O5/c1-15(24)28-21-13-17-9-5-11-22(17)19(25)18-10-6-12-23(18)20(26)27-14-16-7-3-2-4-8-16/h2-4,7-8,13,17-18H,5-6,9-12,14H2,1H3/t17-,18-/m0/s1. The number of likely N-dealkylation sites (tertiary alicyclic amines) is 2. The van der Waals surface area contributed by atoms with Crippen LogP contribution in [0.3, 0.4) is 0 Å². The van der Waals surface area contributed by atoms with Crippen molar-refractivity contribution in [3.05, 3.63) is 35.9 Å². The Kier molecular flexibility index (Phi) is 6.62. The molecule has 2 aliphatic rings. The number of nitrogens with zero attached hydrogens (tertiary/aromatic N) is 3. The Balaban J connectivity index is 1.59. The molecule has 0 spiro atoms. The van der Waals surface area contributed by atoms with Gasteiger partial charge in [0.25, 0.3) is 0 Å². The Morgan fingerprint density at radius 1 is 1.11 bits per heavy atom. The number of benzene rings is 1. The molecule has 8 heteroatoms. The average molecular weight is 387 g/mol. The van der Waals surface area contributed by atoms with E-state index in [1.54, 1.807) is 4.90 Å². The second-order valence-electron chi connectivity index (χ2n) is 6.97. The van der Waals surface area contributed by atoms with E-state index in [0.29, 0.717) is 19.5 Å². The van der Waals surface area contributed by atoms with Gasteiger partial charge in [-0.15, -0.1) is 0 Å². The molecule has 3 rings (SSSR count). The van der Waals surface area contributed by atoms with Crippen LogP contribution < -0.4 is 0 Å². The van der Waals surface area contributed by atoms with E-state index in [4.69, 9.17) is 4.74 Å². The lowest BCUT2D eigenvalue weighted by molar-refractivity contribution is -0.140. The first-order valence-corrected chi connectivity index (χ1v) is 9.55.